The fraction of sp³-hybridized carbons (Fsp3) is 0.316. The zero-order valence-electron chi connectivity index (χ0n) is 14.2. The van der Waals surface area contributed by atoms with Crippen molar-refractivity contribution in [1.82, 2.24) is 4.90 Å². The van der Waals surface area contributed by atoms with E-state index in [0.717, 1.165) is 11.6 Å². The van der Waals surface area contributed by atoms with E-state index in [1.807, 2.05) is 19.1 Å². The van der Waals surface area contributed by atoms with Gasteiger partial charge in [0.2, 0.25) is 0 Å². The van der Waals surface area contributed by atoms with Gasteiger partial charge in [-0.25, -0.2) is 0 Å². The second-order valence-corrected chi connectivity index (χ2v) is 6.69. The summed E-state index contributed by atoms with van der Waals surface area (Å²) >= 11 is 5.74. The second kappa shape index (κ2) is 7.19. The predicted molar refractivity (Wildman–Crippen MR) is 95.7 cm³/mol. The summed E-state index contributed by atoms with van der Waals surface area (Å²) < 4.78 is 39.9. The Hall–Kier alpha value is -2.21. The van der Waals surface area contributed by atoms with Gasteiger partial charge in [0.15, 0.2) is 0 Å². The third kappa shape index (κ3) is 3.80. The number of hydrogen-bond donors (Lipinski definition) is 0. The number of aryl methyl sites for hydroxylation is 1. The summed E-state index contributed by atoms with van der Waals surface area (Å²) in [5, 5.41) is 0.0504. The molecule has 0 N–H and O–H groups in total. The lowest BCUT2D eigenvalue weighted by atomic mass is 10.1. The van der Waals surface area contributed by atoms with Crippen LogP contribution < -0.4 is 4.90 Å². The molecule has 0 spiro atoms. The molecule has 0 saturated carbocycles. The number of piperazine rings is 1. The van der Waals surface area contributed by atoms with Crippen LogP contribution in [0.25, 0.3) is 0 Å². The summed E-state index contributed by atoms with van der Waals surface area (Å²) in [5.74, 6) is -0.0881. The van der Waals surface area contributed by atoms with Gasteiger partial charge in [0.1, 0.15) is 0 Å². The quantitative estimate of drug-likeness (QED) is 0.756. The van der Waals surface area contributed by atoms with Gasteiger partial charge in [0.05, 0.1) is 5.56 Å². The van der Waals surface area contributed by atoms with Crippen LogP contribution in [0.3, 0.4) is 0 Å². The molecule has 0 aliphatic carbocycles. The lowest BCUT2D eigenvalue weighted by Crippen LogP contribution is -2.49. The molecule has 7 heteroatoms. The van der Waals surface area contributed by atoms with Gasteiger partial charge in [-0.15, -0.1) is 0 Å². The summed E-state index contributed by atoms with van der Waals surface area (Å²) in [6.07, 6.45) is -4.48. The first-order chi connectivity index (χ1) is 12.3. The predicted octanol–water partition coefficient (Wildman–Crippen LogP) is 4.63. The minimum absolute atomic E-state index is 0.0504. The van der Waals surface area contributed by atoms with Crippen LogP contribution in [-0.2, 0) is 6.18 Å². The smallest absolute Gasteiger partial charge is 0.367 e. The van der Waals surface area contributed by atoms with E-state index in [1.165, 1.54) is 12.1 Å². The number of anilines is 1. The van der Waals surface area contributed by atoms with Gasteiger partial charge >= 0.3 is 6.18 Å². The number of rotatable bonds is 2. The van der Waals surface area contributed by atoms with Crippen molar-refractivity contribution >= 4 is 23.2 Å². The van der Waals surface area contributed by atoms with Crippen LogP contribution in [-0.4, -0.2) is 37.0 Å². The first-order valence-electron chi connectivity index (χ1n) is 8.24. The Labute approximate surface area is 155 Å². The lowest BCUT2D eigenvalue weighted by Gasteiger charge is -2.37. The van der Waals surface area contributed by atoms with E-state index >= 15 is 0 Å². The van der Waals surface area contributed by atoms with Crippen molar-refractivity contribution < 1.29 is 18.0 Å². The highest BCUT2D eigenvalue weighted by Crippen LogP contribution is 2.38. The number of benzene rings is 2. The first kappa shape index (κ1) is 18.6. The molecular weight excluding hydrogens is 365 g/mol. The van der Waals surface area contributed by atoms with Crippen molar-refractivity contribution in [1.29, 1.82) is 0 Å². The fourth-order valence-electron chi connectivity index (χ4n) is 3.14. The molecule has 0 unspecified atom stereocenters. The van der Waals surface area contributed by atoms with Gasteiger partial charge in [0.25, 0.3) is 5.91 Å². The van der Waals surface area contributed by atoms with Crippen molar-refractivity contribution in [2.45, 2.75) is 13.1 Å². The summed E-state index contributed by atoms with van der Waals surface area (Å²) in [6, 6.07) is 11.1. The van der Waals surface area contributed by atoms with Crippen LogP contribution >= 0.6 is 11.6 Å². The van der Waals surface area contributed by atoms with E-state index in [1.54, 1.807) is 21.9 Å². The molecule has 2 aromatic rings. The minimum Gasteiger partial charge on any atom is -0.367 e. The highest BCUT2D eigenvalue weighted by atomic mass is 35.5. The molecule has 1 saturated heterocycles. The number of carbonyl (C=O) groups is 1. The Morgan fingerprint density at radius 1 is 1.04 bits per heavy atom. The Morgan fingerprint density at radius 3 is 2.31 bits per heavy atom. The van der Waals surface area contributed by atoms with Crippen molar-refractivity contribution in [3.63, 3.8) is 0 Å². The number of alkyl halides is 3. The van der Waals surface area contributed by atoms with E-state index in [0.29, 0.717) is 31.7 Å². The summed E-state index contributed by atoms with van der Waals surface area (Å²) in [6.45, 7) is 3.28. The topological polar surface area (TPSA) is 23.6 Å². The van der Waals surface area contributed by atoms with E-state index in [9.17, 15) is 18.0 Å². The molecule has 0 radical (unpaired) electrons. The molecule has 0 aromatic heterocycles. The van der Waals surface area contributed by atoms with Gasteiger partial charge < -0.3 is 9.80 Å². The molecule has 1 aliphatic rings. The Morgan fingerprint density at radius 2 is 1.69 bits per heavy atom. The Balaban J connectivity index is 1.75. The largest absolute Gasteiger partial charge is 0.418 e. The average molecular weight is 383 g/mol. The number of nitrogens with zero attached hydrogens (tertiary/aromatic N) is 2. The van der Waals surface area contributed by atoms with E-state index < -0.39 is 11.7 Å². The standard InChI is InChI=1S/C19H18ClF3N2O/c1-13-4-2-3-5-15(13)18(26)25-10-8-24(9-11-25)17-7-6-14(20)12-16(17)19(21,22)23/h2-7,12H,8-11H2,1H3. The first-order valence-corrected chi connectivity index (χ1v) is 8.62. The van der Waals surface area contributed by atoms with Crippen LogP contribution in [0.2, 0.25) is 5.02 Å². The van der Waals surface area contributed by atoms with Crippen LogP contribution in [0.5, 0.6) is 0 Å². The van der Waals surface area contributed by atoms with Gasteiger partial charge in [-0.05, 0) is 36.8 Å². The van der Waals surface area contributed by atoms with Gasteiger partial charge in [0, 0.05) is 42.5 Å². The maximum atomic E-state index is 13.3. The van der Waals surface area contributed by atoms with E-state index in [4.69, 9.17) is 11.6 Å². The van der Waals surface area contributed by atoms with Crippen molar-refractivity contribution in [3.8, 4) is 0 Å². The fourth-order valence-corrected chi connectivity index (χ4v) is 3.32. The van der Waals surface area contributed by atoms with Crippen LogP contribution in [0.1, 0.15) is 21.5 Å². The lowest BCUT2D eigenvalue weighted by molar-refractivity contribution is -0.137. The summed E-state index contributed by atoms with van der Waals surface area (Å²) in [4.78, 5) is 16.0. The van der Waals surface area contributed by atoms with Gasteiger partial charge in [-0.2, -0.15) is 13.2 Å². The summed E-state index contributed by atoms with van der Waals surface area (Å²) in [5.41, 5.74) is 0.869. The van der Waals surface area contributed by atoms with Crippen molar-refractivity contribution in [2.75, 3.05) is 31.1 Å². The minimum atomic E-state index is -4.48. The van der Waals surface area contributed by atoms with Crippen LogP contribution in [0, 0.1) is 6.92 Å². The zero-order chi connectivity index (χ0) is 18.9. The molecule has 2 aromatic carbocycles. The average Bonchev–Trinajstić information content (AvgIpc) is 2.61. The highest BCUT2D eigenvalue weighted by molar-refractivity contribution is 6.30. The molecule has 0 bridgehead atoms. The third-order valence-electron chi connectivity index (χ3n) is 4.55. The Bertz CT molecular complexity index is 815. The molecule has 1 heterocycles. The monoisotopic (exact) mass is 382 g/mol. The van der Waals surface area contributed by atoms with Crippen LogP contribution in [0.4, 0.5) is 18.9 Å². The van der Waals surface area contributed by atoms with Gasteiger partial charge in [-0.1, -0.05) is 29.8 Å². The SMILES string of the molecule is Cc1ccccc1C(=O)N1CCN(c2ccc(Cl)cc2C(F)(F)F)CC1. The molecule has 26 heavy (non-hydrogen) atoms. The molecule has 138 valence electrons. The molecule has 1 amide bonds. The van der Waals surface area contributed by atoms with E-state index in [-0.39, 0.29) is 16.6 Å². The molecule has 3 nitrogen and oxygen atoms in total. The molecule has 3 rings (SSSR count). The maximum Gasteiger partial charge on any atom is 0.418 e. The number of carbonyl (C=O) groups excluding carboxylic acids is 1. The second-order valence-electron chi connectivity index (χ2n) is 6.25. The number of halogens is 4. The molecule has 1 aliphatic heterocycles. The molecule has 0 atom stereocenters. The number of amides is 1. The van der Waals surface area contributed by atoms with Gasteiger partial charge in [-0.3, -0.25) is 4.79 Å². The maximum absolute atomic E-state index is 13.3. The molecule has 1 fully saturated rings. The Kier molecular flexibility index (Phi) is 5.14. The third-order valence-corrected chi connectivity index (χ3v) is 4.78. The summed E-state index contributed by atoms with van der Waals surface area (Å²) in [7, 11) is 0. The zero-order valence-corrected chi connectivity index (χ0v) is 14.9. The molecular formula is C19H18ClF3N2O. The van der Waals surface area contributed by atoms with Crippen LogP contribution in [0.15, 0.2) is 42.5 Å². The highest BCUT2D eigenvalue weighted by Gasteiger charge is 2.36. The van der Waals surface area contributed by atoms with Crippen molar-refractivity contribution in [2.24, 2.45) is 0 Å². The van der Waals surface area contributed by atoms with E-state index in [2.05, 4.69) is 0 Å². The normalized spacial score (nSPS) is 15.3. The van der Waals surface area contributed by atoms with Crippen molar-refractivity contribution in [3.05, 3.63) is 64.2 Å². The number of hydrogen-bond acceptors (Lipinski definition) is 2.